The second-order valence-electron chi connectivity index (χ2n) is 4.60. The number of benzene rings is 1. The molecule has 0 radical (unpaired) electrons. The molecule has 0 fully saturated rings. The van der Waals surface area contributed by atoms with Gasteiger partial charge in [0.2, 0.25) is 0 Å². The van der Waals surface area contributed by atoms with Crippen molar-refractivity contribution >= 4 is 0 Å². The molecule has 0 saturated heterocycles. The molecule has 0 bridgehead atoms. The maximum Gasteiger partial charge on any atom is 0.165 e. The van der Waals surface area contributed by atoms with E-state index in [4.69, 9.17) is 4.74 Å². The summed E-state index contributed by atoms with van der Waals surface area (Å²) < 4.78 is 20.6. The van der Waals surface area contributed by atoms with Crippen LogP contribution in [-0.4, -0.2) is 18.7 Å². The van der Waals surface area contributed by atoms with E-state index in [9.17, 15) is 4.39 Å². The van der Waals surface area contributed by atoms with Crippen molar-refractivity contribution in [3.05, 3.63) is 53.6 Å². The molecule has 0 aliphatic heterocycles. The Hall–Kier alpha value is -1.81. The molecule has 0 aliphatic rings. The van der Waals surface area contributed by atoms with Gasteiger partial charge in [-0.3, -0.25) is 0 Å². The smallest absolute Gasteiger partial charge is 0.165 e. The second-order valence-corrected chi connectivity index (χ2v) is 4.60. The highest BCUT2D eigenvalue weighted by Crippen LogP contribution is 2.19. The molecule has 2 rings (SSSR count). The van der Waals surface area contributed by atoms with Crippen molar-refractivity contribution in [3.63, 3.8) is 0 Å². The van der Waals surface area contributed by atoms with Crippen molar-refractivity contribution in [1.82, 2.24) is 9.88 Å². The Morgan fingerprint density at radius 3 is 2.79 bits per heavy atom. The summed E-state index contributed by atoms with van der Waals surface area (Å²) in [7, 11) is 3.40. The van der Waals surface area contributed by atoms with Crippen LogP contribution in [0.2, 0.25) is 0 Å². The van der Waals surface area contributed by atoms with Crippen LogP contribution in [-0.2, 0) is 6.54 Å². The van der Waals surface area contributed by atoms with Gasteiger partial charge in [0.05, 0.1) is 7.11 Å². The third-order valence-corrected chi connectivity index (χ3v) is 3.29. The van der Waals surface area contributed by atoms with Crippen molar-refractivity contribution in [3.8, 4) is 5.75 Å². The summed E-state index contributed by atoms with van der Waals surface area (Å²) in [5.41, 5.74) is 2.13. The van der Waals surface area contributed by atoms with Crippen LogP contribution in [0.4, 0.5) is 4.39 Å². The fraction of sp³-hybridized carbons (Fsp3) is 0.333. The van der Waals surface area contributed by atoms with Gasteiger partial charge in [0.1, 0.15) is 0 Å². The van der Waals surface area contributed by atoms with E-state index in [1.807, 2.05) is 23.9 Å². The fourth-order valence-electron chi connectivity index (χ4n) is 2.00. The molecule has 1 N–H and O–H groups in total. The SMILES string of the molecule is CNC(C)c1ccn(Cc2ccc(OC)c(F)c2)c1. The molecule has 0 spiro atoms. The van der Waals surface area contributed by atoms with Crippen LogP contribution in [0.15, 0.2) is 36.7 Å². The van der Waals surface area contributed by atoms with Crippen LogP contribution in [0.1, 0.15) is 24.1 Å². The molecule has 1 heterocycles. The quantitative estimate of drug-likeness (QED) is 0.896. The summed E-state index contributed by atoms with van der Waals surface area (Å²) in [6.07, 6.45) is 4.08. The topological polar surface area (TPSA) is 26.2 Å². The lowest BCUT2D eigenvalue weighted by Crippen LogP contribution is -2.11. The molecule has 0 amide bonds. The Balaban J connectivity index is 2.12. The van der Waals surface area contributed by atoms with Crippen molar-refractivity contribution < 1.29 is 9.13 Å². The van der Waals surface area contributed by atoms with E-state index in [1.165, 1.54) is 18.7 Å². The summed E-state index contributed by atoms with van der Waals surface area (Å²) in [4.78, 5) is 0. The summed E-state index contributed by atoms with van der Waals surface area (Å²) in [5.74, 6) is -0.0447. The van der Waals surface area contributed by atoms with Crippen LogP contribution in [0.5, 0.6) is 5.75 Å². The van der Waals surface area contributed by atoms with Gasteiger partial charge in [-0.15, -0.1) is 0 Å². The Labute approximate surface area is 113 Å². The lowest BCUT2D eigenvalue weighted by molar-refractivity contribution is 0.386. The van der Waals surface area contributed by atoms with Gasteiger partial charge in [0, 0.05) is 25.0 Å². The molecular formula is C15H19FN2O. The average Bonchev–Trinajstić information content (AvgIpc) is 2.86. The molecule has 1 unspecified atom stereocenters. The van der Waals surface area contributed by atoms with Gasteiger partial charge < -0.3 is 14.6 Å². The zero-order chi connectivity index (χ0) is 13.8. The van der Waals surface area contributed by atoms with Crippen molar-refractivity contribution in [1.29, 1.82) is 0 Å². The summed E-state index contributed by atoms with van der Waals surface area (Å²) >= 11 is 0. The number of hydrogen-bond donors (Lipinski definition) is 1. The number of rotatable bonds is 5. The zero-order valence-electron chi connectivity index (χ0n) is 11.5. The Kier molecular flexibility index (Phi) is 4.22. The van der Waals surface area contributed by atoms with Gasteiger partial charge >= 0.3 is 0 Å². The third-order valence-electron chi connectivity index (χ3n) is 3.29. The van der Waals surface area contributed by atoms with Crippen LogP contribution in [0.25, 0.3) is 0 Å². The molecule has 2 aromatic rings. The number of methoxy groups -OCH3 is 1. The van der Waals surface area contributed by atoms with E-state index in [2.05, 4.69) is 24.5 Å². The van der Waals surface area contributed by atoms with E-state index >= 15 is 0 Å². The number of ether oxygens (including phenoxy) is 1. The second kappa shape index (κ2) is 5.89. The van der Waals surface area contributed by atoms with E-state index in [0.717, 1.165) is 5.56 Å². The number of aromatic nitrogens is 1. The van der Waals surface area contributed by atoms with E-state index in [1.54, 1.807) is 6.07 Å². The van der Waals surface area contributed by atoms with Crippen LogP contribution in [0.3, 0.4) is 0 Å². The van der Waals surface area contributed by atoms with E-state index < -0.39 is 0 Å². The van der Waals surface area contributed by atoms with Gasteiger partial charge in [-0.05, 0) is 43.3 Å². The van der Waals surface area contributed by atoms with Gasteiger partial charge in [0.25, 0.3) is 0 Å². The lowest BCUT2D eigenvalue weighted by Gasteiger charge is -2.08. The zero-order valence-corrected chi connectivity index (χ0v) is 11.5. The Morgan fingerprint density at radius 2 is 2.16 bits per heavy atom. The fourth-order valence-corrected chi connectivity index (χ4v) is 2.00. The lowest BCUT2D eigenvalue weighted by atomic mass is 10.2. The maximum absolute atomic E-state index is 13.6. The van der Waals surface area contributed by atoms with Crippen molar-refractivity contribution in [2.75, 3.05) is 14.2 Å². The normalized spacial score (nSPS) is 12.4. The highest BCUT2D eigenvalue weighted by Gasteiger charge is 2.06. The van der Waals surface area contributed by atoms with Crippen LogP contribution >= 0.6 is 0 Å². The highest BCUT2D eigenvalue weighted by molar-refractivity contribution is 5.29. The molecule has 0 aliphatic carbocycles. The molecule has 1 aromatic heterocycles. The highest BCUT2D eigenvalue weighted by atomic mass is 19.1. The largest absolute Gasteiger partial charge is 0.494 e. The molecule has 3 nitrogen and oxygen atoms in total. The Bertz CT molecular complexity index is 551. The summed E-state index contributed by atoms with van der Waals surface area (Å²) in [6, 6.07) is 7.43. The number of nitrogens with zero attached hydrogens (tertiary/aromatic N) is 1. The van der Waals surface area contributed by atoms with Gasteiger partial charge in [-0.2, -0.15) is 0 Å². The minimum absolute atomic E-state index is 0.278. The first-order chi connectivity index (χ1) is 9.13. The third kappa shape index (κ3) is 3.15. The first kappa shape index (κ1) is 13.6. The van der Waals surface area contributed by atoms with E-state index in [0.29, 0.717) is 12.6 Å². The summed E-state index contributed by atoms with van der Waals surface area (Å²) in [5, 5.41) is 3.19. The standard InChI is InChI=1S/C15H19FN2O/c1-11(17-2)13-6-7-18(10-13)9-12-4-5-15(19-3)14(16)8-12/h4-8,10-11,17H,9H2,1-3H3. The molecule has 0 saturated carbocycles. The number of halogens is 1. The molecule has 1 atom stereocenters. The average molecular weight is 262 g/mol. The number of hydrogen-bond acceptors (Lipinski definition) is 2. The Morgan fingerprint density at radius 1 is 1.37 bits per heavy atom. The van der Waals surface area contributed by atoms with Crippen molar-refractivity contribution in [2.45, 2.75) is 19.5 Å². The van der Waals surface area contributed by atoms with Gasteiger partial charge in [-0.25, -0.2) is 4.39 Å². The monoisotopic (exact) mass is 262 g/mol. The molecular weight excluding hydrogens is 243 g/mol. The molecule has 4 heteroatoms. The number of nitrogens with one attached hydrogen (secondary N) is 1. The van der Waals surface area contributed by atoms with E-state index in [-0.39, 0.29) is 11.6 Å². The predicted octanol–water partition coefficient (Wildman–Crippen LogP) is 2.96. The first-order valence-corrected chi connectivity index (χ1v) is 6.29. The molecule has 102 valence electrons. The van der Waals surface area contributed by atoms with Crippen molar-refractivity contribution in [2.24, 2.45) is 0 Å². The minimum atomic E-state index is -0.323. The van der Waals surface area contributed by atoms with Gasteiger partial charge in [0.15, 0.2) is 11.6 Å². The molecule has 19 heavy (non-hydrogen) atoms. The van der Waals surface area contributed by atoms with Crippen LogP contribution in [0, 0.1) is 5.82 Å². The minimum Gasteiger partial charge on any atom is -0.494 e. The molecule has 1 aromatic carbocycles. The summed E-state index contributed by atoms with van der Waals surface area (Å²) in [6.45, 7) is 2.75. The predicted molar refractivity (Wildman–Crippen MR) is 74.0 cm³/mol. The first-order valence-electron chi connectivity index (χ1n) is 6.29. The maximum atomic E-state index is 13.6. The van der Waals surface area contributed by atoms with Gasteiger partial charge in [-0.1, -0.05) is 6.07 Å². The van der Waals surface area contributed by atoms with Crippen LogP contribution < -0.4 is 10.1 Å².